The predicted molar refractivity (Wildman–Crippen MR) is 103 cm³/mol. The fraction of sp³-hybridized carbons (Fsp3) is 0.0526. The maximum Gasteiger partial charge on any atom is 0.167 e. The summed E-state index contributed by atoms with van der Waals surface area (Å²) < 4.78 is 3.09. The quantitative estimate of drug-likeness (QED) is 0.280. The number of hydrogen-bond donors (Lipinski definition) is 0. The third kappa shape index (κ3) is 2.52. The van der Waals surface area contributed by atoms with Gasteiger partial charge in [0.1, 0.15) is 11.9 Å². The molecule has 0 N–H and O–H groups in total. The average molecular weight is 369 g/mol. The number of aldehydes is 1. The summed E-state index contributed by atoms with van der Waals surface area (Å²) in [5.74, 6) is 0. The first-order valence-corrected chi connectivity index (χ1v) is 8.77. The van der Waals surface area contributed by atoms with Crippen molar-refractivity contribution >= 4 is 50.5 Å². The van der Waals surface area contributed by atoms with Crippen LogP contribution in [0, 0.1) is 0 Å². The Morgan fingerprint density at radius 1 is 1.16 bits per heavy atom. The number of aromatic nitrogens is 1. The predicted octanol–water partition coefficient (Wildman–Crippen LogP) is 5.27. The van der Waals surface area contributed by atoms with E-state index in [1.165, 1.54) is 7.11 Å². The topological polar surface area (TPSA) is 43.1 Å². The normalized spacial score (nSPS) is 11.6. The lowest BCUT2D eigenvalue weighted by atomic mass is 10.0. The van der Waals surface area contributed by atoms with Crippen LogP contribution in [0.3, 0.4) is 0 Å². The number of nitrogens with zero attached hydrogens (tertiary/aromatic N) is 2. The highest BCUT2D eigenvalue weighted by Crippen LogP contribution is 2.38. The molecule has 0 atom stereocenters. The summed E-state index contributed by atoms with van der Waals surface area (Å²) in [7, 11) is 1.50. The Balaban J connectivity index is 2.14. The first kappa shape index (κ1) is 15.9. The molecule has 0 radical (unpaired) electrons. The fourth-order valence-corrected chi connectivity index (χ4v) is 4.31. The van der Waals surface area contributed by atoms with Crippen LogP contribution in [0.2, 0.25) is 5.02 Å². The smallest absolute Gasteiger partial charge is 0.167 e. The molecule has 0 aliphatic heterocycles. The van der Waals surface area contributed by atoms with Gasteiger partial charge in [0.2, 0.25) is 0 Å². The standard InChI is InChI=1S/C19H13ClN2O2S/c1-24-21-10-14-18(12-6-8-13(20)9-7-12)16(11-23)22-15-4-2-3-5-17(15)25-19(14)22/h2-11H,1H3/b21-10+. The number of oxime groups is 1. The van der Waals surface area contributed by atoms with Crippen LogP contribution in [0.5, 0.6) is 0 Å². The Kier molecular flexibility index (Phi) is 4.03. The minimum absolute atomic E-state index is 0.590. The molecular weight excluding hydrogens is 356 g/mol. The lowest BCUT2D eigenvalue weighted by molar-refractivity contribution is 0.111. The molecule has 0 aliphatic carbocycles. The van der Waals surface area contributed by atoms with Gasteiger partial charge in [-0.05, 0) is 29.8 Å². The van der Waals surface area contributed by atoms with Crippen LogP contribution in [-0.2, 0) is 4.84 Å². The van der Waals surface area contributed by atoms with Crippen molar-refractivity contribution in [2.24, 2.45) is 5.16 Å². The van der Waals surface area contributed by atoms with Crippen LogP contribution >= 0.6 is 22.9 Å². The molecule has 6 heteroatoms. The SMILES string of the molecule is CO/N=C/c1c(-c2ccc(Cl)cc2)c(C=O)n2c1sc1ccccc12. The minimum Gasteiger partial charge on any atom is -0.399 e. The van der Waals surface area contributed by atoms with E-state index in [4.69, 9.17) is 16.4 Å². The highest BCUT2D eigenvalue weighted by Gasteiger charge is 2.22. The van der Waals surface area contributed by atoms with Gasteiger partial charge < -0.3 is 4.84 Å². The third-order valence-electron chi connectivity index (χ3n) is 4.04. The van der Waals surface area contributed by atoms with Gasteiger partial charge in [-0.2, -0.15) is 0 Å². The molecule has 4 rings (SSSR count). The van der Waals surface area contributed by atoms with Crippen molar-refractivity contribution in [1.29, 1.82) is 0 Å². The number of fused-ring (bicyclic) bond motifs is 3. The molecular formula is C19H13ClN2O2S. The zero-order valence-corrected chi connectivity index (χ0v) is 14.8. The van der Waals surface area contributed by atoms with Gasteiger partial charge in [0.05, 0.1) is 22.1 Å². The fourth-order valence-electron chi connectivity index (χ4n) is 3.02. The third-order valence-corrected chi connectivity index (χ3v) is 5.46. The summed E-state index contributed by atoms with van der Waals surface area (Å²) in [6.45, 7) is 0. The number of hydrogen-bond acceptors (Lipinski definition) is 4. The molecule has 0 saturated heterocycles. The van der Waals surface area contributed by atoms with Crippen LogP contribution in [0.1, 0.15) is 16.1 Å². The summed E-state index contributed by atoms with van der Waals surface area (Å²) in [5, 5.41) is 4.59. The minimum atomic E-state index is 0.590. The Morgan fingerprint density at radius 2 is 1.92 bits per heavy atom. The summed E-state index contributed by atoms with van der Waals surface area (Å²) in [6.07, 6.45) is 2.54. The Morgan fingerprint density at radius 3 is 2.64 bits per heavy atom. The lowest BCUT2D eigenvalue weighted by Crippen LogP contribution is -1.92. The molecule has 0 fully saturated rings. The van der Waals surface area contributed by atoms with E-state index in [1.54, 1.807) is 17.6 Å². The molecule has 0 spiro atoms. The number of carbonyl (C=O) groups excluding carboxylic acids is 1. The van der Waals surface area contributed by atoms with Crippen molar-refractivity contribution in [3.63, 3.8) is 0 Å². The summed E-state index contributed by atoms with van der Waals surface area (Å²) in [6, 6.07) is 15.4. The van der Waals surface area contributed by atoms with Crippen LogP contribution in [-0.4, -0.2) is 24.0 Å². The van der Waals surface area contributed by atoms with E-state index in [0.717, 1.165) is 38.0 Å². The number of thiazole rings is 1. The van der Waals surface area contributed by atoms with Crippen molar-refractivity contribution < 1.29 is 9.63 Å². The first-order chi connectivity index (χ1) is 12.2. The summed E-state index contributed by atoms with van der Waals surface area (Å²) in [5.41, 5.74) is 4.17. The number of rotatable bonds is 4. The van der Waals surface area contributed by atoms with Crippen molar-refractivity contribution in [2.75, 3.05) is 7.11 Å². The number of halogens is 1. The van der Waals surface area contributed by atoms with Crippen LogP contribution in [0.15, 0.2) is 53.7 Å². The van der Waals surface area contributed by atoms with Gasteiger partial charge >= 0.3 is 0 Å². The van der Waals surface area contributed by atoms with Gasteiger partial charge in [0.15, 0.2) is 6.29 Å². The van der Waals surface area contributed by atoms with Gasteiger partial charge in [-0.15, -0.1) is 11.3 Å². The van der Waals surface area contributed by atoms with E-state index in [1.807, 2.05) is 52.9 Å². The van der Waals surface area contributed by atoms with Crippen LogP contribution in [0.25, 0.3) is 26.2 Å². The molecule has 25 heavy (non-hydrogen) atoms. The van der Waals surface area contributed by atoms with Crippen molar-refractivity contribution in [1.82, 2.24) is 4.40 Å². The van der Waals surface area contributed by atoms with Crippen LogP contribution in [0.4, 0.5) is 0 Å². The molecule has 124 valence electrons. The monoisotopic (exact) mass is 368 g/mol. The lowest BCUT2D eigenvalue weighted by Gasteiger charge is -2.03. The second kappa shape index (κ2) is 6.35. The summed E-state index contributed by atoms with van der Waals surface area (Å²) in [4.78, 5) is 17.8. The highest BCUT2D eigenvalue weighted by molar-refractivity contribution is 7.24. The Bertz CT molecular complexity index is 1110. The van der Waals surface area contributed by atoms with E-state index >= 15 is 0 Å². The Labute approximate surface area is 152 Å². The maximum atomic E-state index is 12.0. The molecule has 4 nitrogen and oxygen atoms in total. The second-order valence-corrected chi connectivity index (χ2v) is 6.89. The molecule has 2 aromatic heterocycles. The summed E-state index contributed by atoms with van der Waals surface area (Å²) >= 11 is 7.63. The largest absolute Gasteiger partial charge is 0.399 e. The van der Waals surface area contributed by atoms with Gasteiger partial charge in [-0.25, -0.2) is 0 Å². The van der Waals surface area contributed by atoms with E-state index in [-0.39, 0.29) is 0 Å². The van der Waals surface area contributed by atoms with E-state index in [2.05, 4.69) is 5.16 Å². The van der Waals surface area contributed by atoms with Gasteiger partial charge in [-0.1, -0.05) is 41.0 Å². The zero-order valence-electron chi connectivity index (χ0n) is 13.3. The number of para-hydroxylation sites is 1. The van der Waals surface area contributed by atoms with Gasteiger partial charge in [0.25, 0.3) is 0 Å². The Hall–Kier alpha value is -2.63. The molecule has 0 amide bonds. The van der Waals surface area contributed by atoms with E-state index in [9.17, 15) is 4.79 Å². The molecule has 2 heterocycles. The van der Waals surface area contributed by atoms with Crippen LogP contribution < -0.4 is 0 Å². The van der Waals surface area contributed by atoms with E-state index < -0.39 is 0 Å². The molecule has 4 aromatic rings. The number of benzene rings is 2. The van der Waals surface area contributed by atoms with Gasteiger partial charge in [0, 0.05) is 16.1 Å². The van der Waals surface area contributed by atoms with Crippen molar-refractivity contribution in [2.45, 2.75) is 0 Å². The molecule has 0 bridgehead atoms. The maximum absolute atomic E-state index is 12.0. The van der Waals surface area contributed by atoms with E-state index in [0.29, 0.717) is 10.7 Å². The van der Waals surface area contributed by atoms with Crippen molar-refractivity contribution in [3.8, 4) is 11.1 Å². The van der Waals surface area contributed by atoms with Crippen molar-refractivity contribution in [3.05, 3.63) is 64.8 Å². The zero-order chi connectivity index (χ0) is 17.4. The second-order valence-electron chi connectivity index (χ2n) is 5.43. The molecule has 0 unspecified atom stereocenters. The molecule has 0 saturated carbocycles. The van der Waals surface area contributed by atoms with Gasteiger partial charge in [-0.3, -0.25) is 9.20 Å². The first-order valence-electron chi connectivity index (χ1n) is 7.58. The highest BCUT2D eigenvalue weighted by atomic mass is 35.5. The molecule has 2 aromatic carbocycles. The number of carbonyl (C=O) groups is 1. The average Bonchev–Trinajstić information content (AvgIpc) is 3.15. The molecule has 0 aliphatic rings.